The average Bonchev–Trinajstić information content (AvgIpc) is 3.37. The molecule has 2 aromatic carbocycles. The minimum atomic E-state index is -1.98. The monoisotopic (exact) mass is 460 g/mol. The van der Waals surface area contributed by atoms with Gasteiger partial charge in [-0.2, -0.15) is 0 Å². The van der Waals surface area contributed by atoms with Crippen molar-refractivity contribution in [2.75, 3.05) is 0 Å². The molecular formula is C28H36N2O2Si. The lowest BCUT2D eigenvalue weighted by atomic mass is 10.1. The summed E-state index contributed by atoms with van der Waals surface area (Å²) in [5, 5.41) is 1.11. The van der Waals surface area contributed by atoms with E-state index in [1.807, 2.05) is 31.3 Å². The third-order valence-electron chi connectivity index (χ3n) is 7.11. The Balaban J connectivity index is 1.96. The first-order chi connectivity index (χ1) is 15.8. The number of hydrogen-bond donors (Lipinski definition) is 0. The minimum absolute atomic E-state index is 0.529. The van der Waals surface area contributed by atoms with E-state index in [1.165, 1.54) is 5.52 Å². The molecule has 0 fully saturated rings. The lowest BCUT2D eigenvalue weighted by molar-refractivity contribution is 0.310. The smallest absolute Gasteiger partial charge is 0.191 e. The lowest BCUT2D eigenvalue weighted by Crippen LogP contribution is -2.51. The van der Waals surface area contributed by atoms with Crippen molar-refractivity contribution in [2.24, 2.45) is 0 Å². The molecule has 2 aromatic heterocycles. The first kappa shape index (κ1) is 23.4. The van der Waals surface area contributed by atoms with E-state index in [-0.39, 0.29) is 0 Å². The molecule has 0 radical (unpaired) electrons. The number of aryl methyl sites for hydroxylation is 1. The average molecular weight is 461 g/mol. The van der Waals surface area contributed by atoms with E-state index in [1.54, 1.807) is 0 Å². The maximum atomic E-state index is 6.42. The molecule has 0 saturated carbocycles. The molecule has 0 aliphatic heterocycles. The highest BCUT2D eigenvalue weighted by molar-refractivity contribution is 6.82. The number of ether oxygens (including phenoxy) is 1. The summed E-state index contributed by atoms with van der Waals surface area (Å²) in [5.74, 6) is 2.36. The summed E-state index contributed by atoms with van der Waals surface area (Å²) < 4.78 is 15.1. The van der Waals surface area contributed by atoms with Crippen LogP contribution in [0.5, 0.6) is 5.75 Å². The number of oxazole rings is 1. The zero-order valence-electron chi connectivity index (χ0n) is 20.9. The number of aromatic nitrogens is 2. The van der Waals surface area contributed by atoms with Crippen molar-refractivity contribution < 1.29 is 9.15 Å². The van der Waals surface area contributed by atoms with Crippen LogP contribution in [0.25, 0.3) is 22.2 Å². The highest BCUT2D eigenvalue weighted by Gasteiger charge is 2.46. The largest absolute Gasteiger partial charge is 0.488 e. The number of rotatable bonds is 8. The van der Waals surface area contributed by atoms with Gasteiger partial charge in [-0.1, -0.05) is 77.9 Å². The van der Waals surface area contributed by atoms with Crippen LogP contribution in [0.1, 0.15) is 53.0 Å². The van der Waals surface area contributed by atoms with Gasteiger partial charge in [-0.25, -0.2) is 4.98 Å². The molecule has 4 nitrogen and oxygen atoms in total. The van der Waals surface area contributed by atoms with Gasteiger partial charge in [0.25, 0.3) is 0 Å². The van der Waals surface area contributed by atoms with Gasteiger partial charge in [-0.15, -0.1) is 0 Å². The van der Waals surface area contributed by atoms with Crippen LogP contribution in [0.2, 0.25) is 16.6 Å². The van der Waals surface area contributed by atoms with E-state index in [2.05, 4.69) is 87.3 Å². The first-order valence-corrected chi connectivity index (χ1v) is 14.2. The maximum Gasteiger partial charge on any atom is 0.191 e. The highest BCUT2D eigenvalue weighted by Crippen LogP contribution is 2.47. The van der Waals surface area contributed by atoms with E-state index in [9.17, 15) is 0 Å². The second-order valence-corrected chi connectivity index (χ2v) is 15.7. The summed E-state index contributed by atoms with van der Waals surface area (Å²) in [6.45, 7) is 16.8. The molecule has 0 unspecified atom stereocenters. The number of fused-ring (bicyclic) bond motifs is 1. The predicted octanol–water partition coefficient (Wildman–Crippen LogP) is 8.21. The Morgan fingerprint density at radius 2 is 1.58 bits per heavy atom. The molecule has 0 spiro atoms. The summed E-state index contributed by atoms with van der Waals surface area (Å²) >= 11 is 0. The van der Waals surface area contributed by atoms with Crippen LogP contribution in [-0.4, -0.2) is 17.5 Å². The van der Waals surface area contributed by atoms with Crippen LogP contribution >= 0.6 is 0 Å². The summed E-state index contributed by atoms with van der Waals surface area (Å²) in [6, 6.07) is 16.8. The standard InChI is InChI=1S/C28H36N2O2Si/c1-19(2)33(20(3)4,21(5)6)30-17-24(27-16-29-22(7)32-27)28-25(30)14-11-15-26(28)31-18-23-12-9-8-10-13-23/h8-17,19-21H,18H2,1-7H3. The normalized spacial score (nSPS) is 12.4. The summed E-state index contributed by atoms with van der Waals surface area (Å²) in [4.78, 5) is 4.39. The molecule has 33 heavy (non-hydrogen) atoms. The third kappa shape index (κ3) is 4.03. The molecule has 4 rings (SSSR count). The van der Waals surface area contributed by atoms with Crippen molar-refractivity contribution in [1.82, 2.24) is 9.22 Å². The van der Waals surface area contributed by atoms with Gasteiger partial charge in [0.1, 0.15) is 12.4 Å². The Kier molecular flexibility index (Phi) is 6.53. The number of nitrogens with zero attached hydrogens (tertiary/aromatic N) is 2. The molecule has 0 atom stereocenters. The second-order valence-electron chi connectivity index (χ2n) is 9.93. The van der Waals surface area contributed by atoms with E-state index >= 15 is 0 Å². The van der Waals surface area contributed by atoms with E-state index in [4.69, 9.17) is 9.15 Å². The Bertz CT molecular complexity index is 1200. The molecule has 0 N–H and O–H groups in total. The van der Waals surface area contributed by atoms with Gasteiger partial charge in [0.15, 0.2) is 19.9 Å². The van der Waals surface area contributed by atoms with Crippen molar-refractivity contribution in [2.45, 2.75) is 71.7 Å². The molecule has 2 heterocycles. The van der Waals surface area contributed by atoms with Crippen LogP contribution in [0.4, 0.5) is 0 Å². The second kappa shape index (κ2) is 9.22. The van der Waals surface area contributed by atoms with Gasteiger partial charge in [-0.05, 0) is 34.3 Å². The van der Waals surface area contributed by atoms with Gasteiger partial charge in [0.05, 0.1) is 11.6 Å². The SMILES string of the molecule is Cc1ncc(-c2cn([Si](C(C)C)(C(C)C)C(C)C)c3cccc(OCc4ccccc4)c23)o1. The van der Waals surface area contributed by atoms with Crippen molar-refractivity contribution in [3.05, 3.63) is 72.4 Å². The molecular weight excluding hydrogens is 424 g/mol. The fourth-order valence-electron chi connectivity index (χ4n) is 5.94. The molecule has 174 valence electrons. The van der Waals surface area contributed by atoms with Gasteiger partial charge in [0, 0.05) is 24.2 Å². The van der Waals surface area contributed by atoms with E-state index < -0.39 is 8.24 Å². The lowest BCUT2D eigenvalue weighted by Gasteiger charge is -2.44. The Labute approximate surface area is 198 Å². The highest BCUT2D eigenvalue weighted by atomic mass is 28.3. The molecule has 0 amide bonds. The van der Waals surface area contributed by atoms with E-state index in [0.29, 0.717) is 29.1 Å². The van der Waals surface area contributed by atoms with Crippen LogP contribution in [0.3, 0.4) is 0 Å². The van der Waals surface area contributed by atoms with Crippen molar-refractivity contribution in [1.29, 1.82) is 0 Å². The van der Waals surface area contributed by atoms with Crippen molar-refractivity contribution >= 4 is 19.1 Å². The summed E-state index contributed by atoms with van der Waals surface area (Å²) in [7, 11) is -1.98. The molecule has 4 aromatic rings. The quantitative estimate of drug-likeness (QED) is 0.249. The van der Waals surface area contributed by atoms with Crippen LogP contribution in [0.15, 0.2) is 65.3 Å². The van der Waals surface area contributed by atoms with Crippen molar-refractivity contribution in [3.8, 4) is 17.1 Å². The number of benzene rings is 2. The zero-order chi connectivity index (χ0) is 23.8. The number of hydrogen-bond acceptors (Lipinski definition) is 3. The van der Waals surface area contributed by atoms with Crippen LogP contribution < -0.4 is 4.74 Å². The molecule has 0 aliphatic rings. The fraction of sp³-hybridized carbons (Fsp3) is 0.393. The zero-order valence-corrected chi connectivity index (χ0v) is 21.9. The Hall–Kier alpha value is -2.79. The Morgan fingerprint density at radius 3 is 2.15 bits per heavy atom. The third-order valence-corrected chi connectivity index (χ3v) is 13.9. The van der Waals surface area contributed by atoms with Gasteiger partial charge in [0.2, 0.25) is 0 Å². The summed E-state index contributed by atoms with van der Waals surface area (Å²) in [5.41, 5.74) is 5.17. The predicted molar refractivity (Wildman–Crippen MR) is 139 cm³/mol. The van der Waals surface area contributed by atoms with Crippen LogP contribution in [0, 0.1) is 6.92 Å². The van der Waals surface area contributed by atoms with E-state index in [0.717, 1.165) is 28.0 Å². The molecule has 0 aliphatic carbocycles. The first-order valence-electron chi connectivity index (χ1n) is 12.0. The molecule has 5 heteroatoms. The topological polar surface area (TPSA) is 40.2 Å². The Morgan fingerprint density at radius 1 is 0.909 bits per heavy atom. The fourth-order valence-corrected chi connectivity index (χ4v) is 12.6. The molecule has 0 bridgehead atoms. The van der Waals surface area contributed by atoms with Crippen molar-refractivity contribution in [3.63, 3.8) is 0 Å². The summed E-state index contributed by atoms with van der Waals surface area (Å²) in [6.07, 6.45) is 4.16. The van der Waals surface area contributed by atoms with Crippen LogP contribution in [-0.2, 0) is 6.61 Å². The van der Waals surface area contributed by atoms with Gasteiger partial charge in [-0.3, -0.25) is 0 Å². The minimum Gasteiger partial charge on any atom is -0.488 e. The van der Waals surface area contributed by atoms with Gasteiger partial charge < -0.3 is 13.4 Å². The van der Waals surface area contributed by atoms with Gasteiger partial charge >= 0.3 is 0 Å². The molecule has 0 saturated heterocycles. The maximum absolute atomic E-state index is 6.42.